The maximum atomic E-state index is 11.8. The molecule has 23 heavy (non-hydrogen) atoms. The second-order valence-electron chi connectivity index (χ2n) is 4.93. The molecule has 0 aliphatic heterocycles. The van der Waals surface area contributed by atoms with Crippen molar-refractivity contribution in [3.05, 3.63) is 70.7 Å². The molecule has 2 rings (SSSR count). The van der Waals surface area contributed by atoms with Gasteiger partial charge in [-0.15, -0.1) is 0 Å². The molecule has 0 spiro atoms. The summed E-state index contributed by atoms with van der Waals surface area (Å²) < 4.78 is 5.03. The van der Waals surface area contributed by atoms with Crippen molar-refractivity contribution in [2.24, 2.45) is 0 Å². The number of alkyl carbamates (subject to hydrolysis) is 1. The number of hydrogen-bond donors (Lipinski definition) is 2. The predicted molar refractivity (Wildman–Crippen MR) is 86.3 cm³/mol. The number of aliphatic carboxylic acids is 1. The monoisotopic (exact) mass is 333 g/mol. The van der Waals surface area contributed by atoms with Crippen molar-refractivity contribution in [2.75, 3.05) is 0 Å². The fourth-order valence-electron chi connectivity index (χ4n) is 1.96. The van der Waals surface area contributed by atoms with E-state index >= 15 is 0 Å². The molecule has 0 unspecified atom stereocenters. The van der Waals surface area contributed by atoms with Crippen molar-refractivity contribution < 1.29 is 19.4 Å². The van der Waals surface area contributed by atoms with Crippen LogP contribution in [0.25, 0.3) is 0 Å². The van der Waals surface area contributed by atoms with E-state index in [4.69, 9.17) is 16.3 Å². The molecule has 0 fully saturated rings. The average Bonchev–Trinajstić information content (AvgIpc) is 2.55. The third-order valence-corrected chi connectivity index (χ3v) is 3.41. The molecule has 0 aliphatic carbocycles. The fraction of sp³-hybridized carbons (Fsp3) is 0.176. The van der Waals surface area contributed by atoms with E-state index in [1.165, 1.54) is 0 Å². The lowest BCUT2D eigenvalue weighted by Gasteiger charge is -2.14. The topological polar surface area (TPSA) is 75.6 Å². The van der Waals surface area contributed by atoms with Crippen LogP contribution < -0.4 is 5.32 Å². The first-order valence-corrected chi connectivity index (χ1v) is 7.37. The van der Waals surface area contributed by atoms with Crippen molar-refractivity contribution in [2.45, 2.75) is 19.1 Å². The number of nitrogens with one attached hydrogen (secondary N) is 1. The Bertz CT molecular complexity index is 658. The summed E-state index contributed by atoms with van der Waals surface area (Å²) in [5, 5.41) is 12.1. The van der Waals surface area contributed by atoms with Gasteiger partial charge >= 0.3 is 12.1 Å². The lowest BCUT2D eigenvalue weighted by molar-refractivity contribution is -0.139. The second-order valence-corrected chi connectivity index (χ2v) is 5.36. The minimum atomic E-state index is -1.13. The highest BCUT2D eigenvalue weighted by molar-refractivity contribution is 6.30. The smallest absolute Gasteiger partial charge is 0.408 e. The number of amides is 1. The van der Waals surface area contributed by atoms with Gasteiger partial charge in [0.2, 0.25) is 0 Å². The zero-order valence-electron chi connectivity index (χ0n) is 12.2. The second kappa shape index (κ2) is 8.19. The van der Waals surface area contributed by atoms with Crippen LogP contribution in [0, 0.1) is 0 Å². The van der Waals surface area contributed by atoms with Gasteiger partial charge in [-0.1, -0.05) is 54.1 Å². The molecule has 2 N–H and O–H groups in total. The summed E-state index contributed by atoms with van der Waals surface area (Å²) in [5.41, 5.74) is 1.58. The Labute approximate surface area is 138 Å². The molecule has 2 aromatic carbocycles. The van der Waals surface area contributed by atoms with Crippen LogP contribution in [0.4, 0.5) is 4.79 Å². The lowest BCUT2D eigenvalue weighted by Crippen LogP contribution is -2.42. The van der Waals surface area contributed by atoms with Crippen LogP contribution in [0.1, 0.15) is 11.1 Å². The Morgan fingerprint density at radius 3 is 2.30 bits per heavy atom. The highest BCUT2D eigenvalue weighted by atomic mass is 35.5. The van der Waals surface area contributed by atoms with Crippen molar-refractivity contribution in [1.29, 1.82) is 0 Å². The molecular weight excluding hydrogens is 318 g/mol. The van der Waals surface area contributed by atoms with Crippen molar-refractivity contribution >= 4 is 23.7 Å². The Morgan fingerprint density at radius 2 is 1.70 bits per heavy atom. The van der Waals surface area contributed by atoms with Crippen LogP contribution in [-0.4, -0.2) is 23.2 Å². The number of carboxylic acids is 1. The summed E-state index contributed by atoms with van der Waals surface area (Å²) in [6, 6.07) is 14.9. The van der Waals surface area contributed by atoms with Crippen LogP contribution in [0.5, 0.6) is 0 Å². The molecule has 6 heteroatoms. The summed E-state index contributed by atoms with van der Waals surface area (Å²) >= 11 is 5.79. The largest absolute Gasteiger partial charge is 0.480 e. The maximum absolute atomic E-state index is 11.8. The number of benzene rings is 2. The van der Waals surface area contributed by atoms with Crippen LogP contribution in [0.3, 0.4) is 0 Å². The molecule has 1 amide bonds. The molecule has 120 valence electrons. The summed E-state index contributed by atoms with van der Waals surface area (Å²) in [4.78, 5) is 23.0. The third kappa shape index (κ3) is 5.64. The number of carbonyl (C=O) groups excluding carboxylic acids is 1. The molecule has 0 saturated heterocycles. The Morgan fingerprint density at radius 1 is 1.04 bits per heavy atom. The SMILES string of the molecule is O=C(N[C@@H](Cc1ccc(Cl)cc1)C(=O)O)OCc1ccccc1. The fourth-order valence-corrected chi connectivity index (χ4v) is 2.09. The van der Waals surface area contributed by atoms with Gasteiger partial charge in [-0.2, -0.15) is 0 Å². The molecule has 0 saturated carbocycles. The minimum Gasteiger partial charge on any atom is -0.480 e. The first-order chi connectivity index (χ1) is 11.0. The highest BCUT2D eigenvalue weighted by Gasteiger charge is 2.21. The maximum Gasteiger partial charge on any atom is 0.408 e. The van der Waals surface area contributed by atoms with E-state index in [9.17, 15) is 14.7 Å². The minimum absolute atomic E-state index is 0.0833. The first-order valence-electron chi connectivity index (χ1n) is 6.99. The van der Waals surface area contributed by atoms with Gasteiger partial charge in [0.1, 0.15) is 12.6 Å². The molecule has 0 aliphatic rings. The van der Waals surface area contributed by atoms with Gasteiger partial charge in [0, 0.05) is 11.4 Å². The first kappa shape index (κ1) is 16.8. The lowest BCUT2D eigenvalue weighted by atomic mass is 10.1. The van der Waals surface area contributed by atoms with Crippen LogP contribution in [0.2, 0.25) is 5.02 Å². The number of hydrogen-bond acceptors (Lipinski definition) is 3. The van der Waals surface area contributed by atoms with Gasteiger partial charge in [-0.3, -0.25) is 0 Å². The summed E-state index contributed by atoms with van der Waals surface area (Å²) in [6.45, 7) is 0.0833. The summed E-state index contributed by atoms with van der Waals surface area (Å²) in [7, 11) is 0. The van der Waals surface area contributed by atoms with Gasteiger partial charge in [-0.05, 0) is 23.3 Å². The van der Waals surface area contributed by atoms with Crippen LogP contribution >= 0.6 is 11.6 Å². The van der Waals surface area contributed by atoms with Gasteiger partial charge < -0.3 is 15.2 Å². The molecule has 5 nitrogen and oxygen atoms in total. The van der Waals surface area contributed by atoms with E-state index in [0.717, 1.165) is 11.1 Å². The van der Waals surface area contributed by atoms with Crippen LogP contribution in [-0.2, 0) is 22.6 Å². The number of carboxylic acid groups (broad SMARTS) is 1. The van der Waals surface area contributed by atoms with Gasteiger partial charge in [0.25, 0.3) is 0 Å². The quantitative estimate of drug-likeness (QED) is 0.850. The normalized spacial score (nSPS) is 11.5. The molecule has 0 bridgehead atoms. The summed E-state index contributed by atoms with van der Waals surface area (Å²) in [5.74, 6) is -1.13. The third-order valence-electron chi connectivity index (χ3n) is 3.16. The van der Waals surface area contributed by atoms with Crippen molar-refractivity contribution in [1.82, 2.24) is 5.32 Å². The van der Waals surface area contributed by atoms with E-state index in [0.29, 0.717) is 5.02 Å². The van der Waals surface area contributed by atoms with Crippen molar-refractivity contribution in [3.63, 3.8) is 0 Å². The number of halogens is 1. The Kier molecular flexibility index (Phi) is 6.00. The van der Waals surface area contributed by atoms with Crippen LogP contribution in [0.15, 0.2) is 54.6 Å². The molecule has 0 aromatic heterocycles. The predicted octanol–water partition coefficient (Wildman–Crippen LogP) is 3.26. The van der Waals surface area contributed by atoms with E-state index in [1.807, 2.05) is 30.3 Å². The molecular formula is C17H16ClNO4. The zero-order valence-corrected chi connectivity index (χ0v) is 13.0. The van der Waals surface area contributed by atoms with Gasteiger partial charge in [0.15, 0.2) is 0 Å². The molecule has 1 atom stereocenters. The van der Waals surface area contributed by atoms with E-state index < -0.39 is 18.1 Å². The highest BCUT2D eigenvalue weighted by Crippen LogP contribution is 2.11. The van der Waals surface area contributed by atoms with E-state index in [2.05, 4.69) is 5.32 Å². The molecule has 0 heterocycles. The van der Waals surface area contributed by atoms with Crippen molar-refractivity contribution in [3.8, 4) is 0 Å². The Hall–Kier alpha value is -2.53. The summed E-state index contributed by atoms with van der Waals surface area (Å²) in [6.07, 6.45) is -0.623. The van der Waals surface area contributed by atoms with Gasteiger partial charge in [0.05, 0.1) is 0 Å². The molecule has 2 aromatic rings. The Balaban J connectivity index is 1.89. The number of ether oxygens (including phenoxy) is 1. The molecule has 0 radical (unpaired) electrons. The van der Waals surface area contributed by atoms with E-state index in [-0.39, 0.29) is 13.0 Å². The van der Waals surface area contributed by atoms with E-state index in [1.54, 1.807) is 24.3 Å². The standard InChI is InChI=1S/C17H16ClNO4/c18-14-8-6-12(7-9-14)10-15(16(20)21)19-17(22)23-11-13-4-2-1-3-5-13/h1-9,15H,10-11H2,(H,19,22)(H,20,21)/t15-/m0/s1. The zero-order chi connectivity index (χ0) is 16.7. The number of carbonyl (C=O) groups is 2. The number of rotatable bonds is 6. The van der Waals surface area contributed by atoms with Gasteiger partial charge in [-0.25, -0.2) is 9.59 Å². The average molecular weight is 334 g/mol.